The number of ether oxygens (including phenoxy) is 1. The van der Waals surface area contributed by atoms with Crippen LogP contribution < -0.4 is 5.49 Å². The molecule has 1 fully saturated rings. The molecule has 0 saturated carbocycles. The predicted molar refractivity (Wildman–Crippen MR) is 163 cm³/mol. The maximum atomic E-state index is 8.05. The largest absolute Gasteiger partial charge is 0.468 e. The van der Waals surface area contributed by atoms with E-state index in [0.29, 0.717) is 22.9 Å². The third kappa shape index (κ3) is 5.81. The van der Waals surface area contributed by atoms with E-state index >= 15 is 0 Å². The van der Waals surface area contributed by atoms with Crippen molar-refractivity contribution in [2.45, 2.75) is 38.6 Å². The lowest BCUT2D eigenvalue weighted by molar-refractivity contribution is 0.0870. The SMILES string of the molecule is CC(C)OC(=S)N1CCN([C@@H](c2ccccc2)[C@@H](c2ccccc2)n2cc(Cn3cnc(=N)c4[nH]cnc43)nn2)CC1. The Morgan fingerprint density at radius 3 is 2.29 bits per heavy atom. The van der Waals surface area contributed by atoms with Crippen molar-refractivity contribution in [1.82, 2.24) is 44.3 Å². The van der Waals surface area contributed by atoms with Crippen LogP contribution in [0.25, 0.3) is 11.2 Å². The smallest absolute Gasteiger partial charge is 0.259 e. The summed E-state index contributed by atoms with van der Waals surface area (Å²) in [5.41, 5.74) is 4.54. The minimum absolute atomic E-state index is 0.000136. The van der Waals surface area contributed by atoms with Gasteiger partial charge in [0.2, 0.25) is 0 Å². The van der Waals surface area contributed by atoms with Crippen LogP contribution in [0.1, 0.15) is 42.8 Å². The van der Waals surface area contributed by atoms with E-state index in [9.17, 15) is 0 Å². The first-order chi connectivity index (χ1) is 20.5. The summed E-state index contributed by atoms with van der Waals surface area (Å²) in [5.74, 6) is 0. The highest BCUT2D eigenvalue weighted by Crippen LogP contribution is 2.37. The summed E-state index contributed by atoms with van der Waals surface area (Å²) in [4.78, 5) is 16.3. The molecule has 1 aliphatic rings. The molecule has 3 aromatic heterocycles. The topological polar surface area (TPSA) is 117 Å². The van der Waals surface area contributed by atoms with Crippen molar-refractivity contribution >= 4 is 28.6 Å². The summed E-state index contributed by atoms with van der Waals surface area (Å²) in [7, 11) is 0. The van der Waals surface area contributed by atoms with Gasteiger partial charge in [0.25, 0.3) is 5.17 Å². The van der Waals surface area contributed by atoms with E-state index in [2.05, 4.69) is 89.7 Å². The molecule has 2 atom stereocenters. The number of nitrogens with one attached hydrogen (secondary N) is 2. The number of aromatic nitrogens is 7. The summed E-state index contributed by atoms with van der Waals surface area (Å²) in [6.45, 7) is 7.65. The summed E-state index contributed by atoms with van der Waals surface area (Å²) in [5, 5.41) is 17.9. The summed E-state index contributed by atoms with van der Waals surface area (Å²) < 4.78 is 9.69. The zero-order valence-electron chi connectivity index (χ0n) is 23.7. The molecule has 42 heavy (non-hydrogen) atoms. The summed E-state index contributed by atoms with van der Waals surface area (Å²) >= 11 is 5.58. The number of H-pyrrole nitrogens is 1. The molecule has 0 unspecified atom stereocenters. The second kappa shape index (κ2) is 12.2. The van der Waals surface area contributed by atoms with Crippen molar-refractivity contribution in [3.05, 3.63) is 102 Å². The van der Waals surface area contributed by atoms with Crippen LogP contribution in [0, 0.1) is 5.41 Å². The van der Waals surface area contributed by atoms with Crippen molar-refractivity contribution in [3.63, 3.8) is 0 Å². The van der Waals surface area contributed by atoms with E-state index in [1.165, 1.54) is 5.56 Å². The minimum Gasteiger partial charge on any atom is -0.468 e. The minimum atomic E-state index is -0.135. The van der Waals surface area contributed by atoms with E-state index in [-0.39, 0.29) is 23.7 Å². The first-order valence-electron chi connectivity index (χ1n) is 14.1. The molecule has 12 heteroatoms. The van der Waals surface area contributed by atoms with E-state index in [1.807, 2.05) is 35.4 Å². The highest BCUT2D eigenvalue weighted by Gasteiger charge is 2.35. The van der Waals surface area contributed by atoms with Gasteiger partial charge in [0.15, 0.2) is 11.1 Å². The fourth-order valence-electron chi connectivity index (χ4n) is 5.57. The third-order valence-electron chi connectivity index (χ3n) is 7.51. The van der Waals surface area contributed by atoms with Crippen LogP contribution in [0.5, 0.6) is 0 Å². The number of hydrogen-bond acceptors (Lipinski definition) is 8. The van der Waals surface area contributed by atoms with E-state index in [0.717, 1.165) is 37.4 Å². The number of rotatable bonds is 8. The van der Waals surface area contributed by atoms with Gasteiger partial charge in [0.1, 0.15) is 11.2 Å². The third-order valence-corrected chi connectivity index (χ3v) is 7.87. The number of nitrogens with zero attached hydrogens (tertiary/aromatic N) is 8. The highest BCUT2D eigenvalue weighted by atomic mass is 32.1. The quantitative estimate of drug-likeness (QED) is 0.267. The molecule has 0 radical (unpaired) electrons. The van der Waals surface area contributed by atoms with Crippen molar-refractivity contribution < 1.29 is 4.74 Å². The molecule has 11 nitrogen and oxygen atoms in total. The Bertz CT molecular complexity index is 1690. The molecule has 0 spiro atoms. The predicted octanol–water partition coefficient (Wildman–Crippen LogP) is 3.54. The lowest BCUT2D eigenvalue weighted by Crippen LogP contribution is -2.51. The molecule has 0 aliphatic carbocycles. The lowest BCUT2D eigenvalue weighted by atomic mass is 9.91. The zero-order chi connectivity index (χ0) is 29.1. The standard InChI is InChI=1S/C30H34N10OS/c1-21(2)41-30(42)38-15-13-37(14-16-38)26(22-9-5-3-6-10-22)27(23-11-7-4-8-12-23)40-18-24(35-36-40)17-39-20-34-28(31)25-29(39)33-19-32-25/h3-12,18-21,26-27,31H,13-17H2,1-2H3,(H,32,33)/t26-,27+/m0/s1. The number of benzene rings is 2. The summed E-state index contributed by atoms with van der Waals surface area (Å²) in [6.07, 6.45) is 5.27. The van der Waals surface area contributed by atoms with Crippen molar-refractivity contribution in [2.24, 2.45) is 0 Å². The van der Waals surface area contributed by atoms with Gasteiger partial charge in [0.05, 0.1) is 43.6 Å². The lowest BCUT2D eigenvalue weighted by Gasteiger charge is -2.43. The van der Waals surface area contributed by atoms with Gasteiger partial charge in [-0.05, 0) is 37.2 Å². The molecular weight excluding hydrogens is 548 g/mol. The molecule has 1 saturated heterocycles. The number of fused-ring (bicyclic) bond motifs is 1. The monoisotopic (exact) mass is 582 g/mol. The van der Waals surface area contributed by atoms with Crippen LogP contribution in [0.2, 0.25) is 0 Å². The molecule has 0 bridgehead atoms. The van der Waals surface area contributed by atoms with Gasteiger partial charge in [0, 0.05) is 26.2 Å². The van der Waals surface area contributed by atoms with Crippen LogP contribution in [-0.2, 0) is 11.3 Å². The van der Waals surface area contributed by atoms with E-state index < -0.39 is 0 Å². The first kappa shape index (κ1) is 27.7. The van der Waals surface area contributed by atoms with Crippen molar-refractivity contribution in [3.8, 4) is 0 Å². The average molecular weight is 583 g/mol. The normalized spacial score (nSPS) is 15.6. The Morgan fingerprint density at radius 2 is 1.62 bits per heavy atom. The van der Waals surface area contributed by atoms with Gasteiger partial charge >= 0.3 is 0 Å². The van der Waals surface area contributed by atoms with Gasteiger partial charge in [-0.2, -0.15) is 0 Å². The molecule has 5 aromatic rings. The molecule has 2 aromatic carbocycles. The Hall–Kier alpha value is -4.42. The molecule has 6 rings (SSSR count). The number of thiocarbonyl (C=S) groups is 1. The average Bonchev–Trinajstić information content (AvgIpc) is 3.69. The molecular formula is C30H34N10OS. The van der Waals surface area contributed by atoms with Crippen LogP contribution in [0.3, 0.4) is 0 Å². The zero-order valence-corrected chi connectivity index (χ0v) is 24.5. The molecule has 2 N–H and O–H groups in total. The number of piperazine rings is 1. The molecule has 216 valence electrons. The Morgan fingerprint density at radius 1 is 0.952 bits per heavy atom. The Labute approximate surface area is 249 Å². The first-order valence-corrected chi connectivity index (χ1v) is 14.5. The molecule has 4 heterocycles. The fraction of sp³-hybridized carbons (Fsp3) is 0.333. The van der Waals surface area contributed by atoms with Gasteiger partial charge in [-0.25, -0.2) is 14.6 Å². The number of imidazole rings is 1. The van der Waals surface area contributed by atoms with E-state index in [4.69, 9.17) is 22.4 Å². The summed E-state index contributed by atoms with van der Waals surface area (Å²) in [6, 6.07) is 21.0. The Kier molecular flexibility index (Phi) is 8.06. The van der Waals surface area contributed by atoms with Crippen LogP contribution in [0.4, 0.5) is 0 Å². The Balaban J connectivity index is 1.34. The maximum absolute atomic E-state index is 8.05. The highest BCUT2D eigenvalue weighted by molar-refractivity contribution is 7.80. The maximum Gasteiger partial charge on any atom is 0.259 e. The van der Waals surface area contributed by atoms with Crippen LogP contribution in [-0.4, -0.2) is 81.8 Å². The second-order valence-corrected chi connectivity index (χ2v) is 11.0. The number of hydrogen-bond donors (Lipinski definition) is 2. The molecule has 0 amide bonds. The molecule has 1 aliphatic heterocycles. The van der Waals surface area contributed by atoms with E-state index in [1.54, 1.807) is 12.7 Å². The van der Waals surface area contributed by atoms with Gasteiger partial charge in [-0.3, -0.25) is 10.3 Å². The van der Waals surface area contributed by atoms with Crippen molar-refractivity contribution in [2.75, 3.05) is 26.2 Å². The second-order valence-electron chi connectivity index (χ2n) is 10.7. The fourth-order valence-corrected chi connectivity index (χ4v) is 5.94. The van der Waals surface area contributed by atoms with Crippen LogP contribution >= 0.6 is 12.2 Å². The number of aromatic amines is 1. The van der Waals surface area contributed by atoms with Gasteiger partial charge in [-0.15, -0.1) is 5.10 Å². The van der Waals surface area contributed by atoms with Gasteiger partial charge < -0.3 is 19.2 Å². The van der Waals surface area contributed by atoms with Gasteiger partial charge in [-0.1, -0.05) is 65.9 Å². The van der Waals surface area contributed by atoms with Crippen LogP contribution in [0.15, 0.2) is 79.5 Å². The van der Waals surface area contributed by atoms with Crippen molar-refractivity contribution in [1.29, 1.82) is 5.41 Å².